The highest BCUT2D eigenvalue weighted by Gasteiger charge is 2.11. The third kappa shape index (κ3) is 4.19. The van der Waals surface area contributed by atoms with E-state index in [1.165, 1.54) is 5.56 Å². The van der Waals surface area contributed by atoms with Crippen LogP contribution in [0.25, 0.3) is 0 Å². The molecule has 0 heterocycles. The molecule has 0 aliphatic carbocycles. The highest BCUT2D eigenvalue weighted by atomic mass is 14.9. The lowest BCUT2D eigenvalue weighted by molar-refractivity contribution is 1.29. The number of nitrogens with zero attached hydrogens (tertiary/aromatic N) is 1. The summed E-state index contributed by atoms with van der Waals surface area (Å²) in [7, 11) is 0. The maximum absolute atomic E-state index is 6.28. The van der Waals surface area contributed by atoms with Gasteiger partial charge >= 0.3 is 0 Å². The Kier molecular flexibility index (Phi) is 5.49. The van der Waals surface area contributed by atoms with Crippen LogP contribution >= 0.6 is 0 Å². The molecule has 3 aromatic carbocycles. The van der Waals surface area contributed by atoms with Crippen LogP contribution in [-0.4, -0.2) is 5.71 Å². The van der Waals surface area contributed by atoms with E-state index in [0.29, 0.717) is 6.42 Å². The molecule has 3 nitrogen and oxygen atoms in total. The van der Waals surface area contributed by atoms with Gasteiger partial charge in [0.15, 0.2) is 0 Å². The van der Waals surface area contributed by atoms with Gasteiger partial charge in [-0.1, -0.05) is 60.7 Å². The number of para-hydroxylation sites is 2. The second kappa shape index (κ2) is 8.17. The molecule has 0 bridgehead atoms. The Morgan fingerprint density at radius 2 is 1.77 bits per heavy atom. The average Bonchev–Trinajstić information content (AvgIpc) is 2.66. The molecule has 0 atom stereocenters. The number of nitrogens with two attached hydrogens (primary N) is 1. The lowest BCUT2D eigenvalue weighted by Gasteiger charge is -2.13. The highest BCUT2D eigenvalue weighted by Crippen LogP contribution is 2.27. The Morgan fingerprint density at radius 1 is 1.04 bits per heavy atom. The Bertz CT molecular complexity index is 927. The molecule has 0 radical (unpaired) electrons. The number of aryl methyl sites for hydroxylation is 1. The molecule has 26 heavy (non-hydrogen) atoms. The van der Waals surface area contributed by atoms with E-state index in [-0.39, 0.29) is 0 Å². The van der Waals surface area contributed by atoms with Crippen molar-refractivity contribution in [2.75, 3.05) is 11.1 Å². The van der Waals surface area contributed by atoms with Gasteiger partial charge in [0.05, 0.1) is 17.1 Å². The highest BCUT2D eigenvalue weighted by molar-refractivity contribution is 6.07. The summed E-state index contributed by atoms with van der Waals surface area (Å²) in [4.78, 5) is 4.97. The van der Waals surface area contributed by atoms with Crippen LogP contribution < -0.4 is 11.1 Å². The minimum atomic E-state index is 0.705. The van der Waals surface area contributed by atoms with Crippen molar-refractivity contribution in [3.05, 3.63) is 102 Å². The molecule has 3 N–H and O–H groups in total. The predicted molar refractivity (Wildman–Crippen MR) is 112 cm³/mol. The van der Waals surface area contributed by atoms with E-state index in [1.807, 2.05) is 54.6 Å². The normalized spacial score (nSPS) is 11.2. The summed E-state index contributed by atoms with van der Waals surface area (Å²) in [5, 5.41) is 3.15. The minimum Gasteiger partial charge on any atom is -0.398 e. The molecule has 3 rings (SSSR count). The number of aliphatic imine (C=N–C) groups is 1. The summed E-state index contributed by atoms with van der Waals surface area (Å²) >= 11 is 0. The van der Waals surface area contributed by atoms with Crippen LogP contribution in [0.4, 0.5) is 17.1 Å². The summed E-state index contributed by atoms with van der Waals surface area (Å²) in [5.74, 6) is 0. The van der Waals surface area contributed by atoms with Crippen LogP contribution in [0.2, 0.25) is 0 Å². The zero-order chi connectivity index (χ0) is 18.4. The Morgan fingerprint density at radius 3 is 2.54 bits per heavy atom. The number of hydrogen-bond acceptors (Lipinski definition) is 3. The van der Waals surface area contributed by atoms with Crippen molar-refractivity contribution in [2.24, 2.45) is 4.99 Å². The molecule has 130 valence electrons. The molecule has 3 heteroatoms. The van der Waals surface area contributed by atoms with E-state index < -0.39 is 0 Å². The van der Waals surface area contributed by atoms with Crippen molar-refractivity contribution < 1.29 is 0 Å². The molecule has 0 saturated carbocycles. The largest absolute Gasteiger partial charge is 0.398 e. The van der Waals surface area contributed by atoms with Gasteiger partial charge in [-0.2, -0.15) is 0 Å². The van der Waals surface area contributed by atoms with Crippen molar-refractivity contribution >= 4 is 22.8 Å². The Balaban J connectivity index is 2.11. The summed E-state index contributed by atoms with van der Waals surface area (Å²) in [6, 6.07) is 24.3. The maximum Gasteiger partial charge on any atom is 0.0867 e. The van der Waals surface area contributed by atoms with Gasteiger partial charge in [-0.3, -0.25) is 4.99 Å². The summed E-state index contributed by atoms with van der Waals surface area (Å²) in [6.07, 6.45) is 2.36. The van der Waals surface area contributed by atoms with E-state index in [9.17, 15) is 0 Å². The van der Waals surface area contributed by atoms with E-state index in [1.54, 1.807) is 6.20 Å². The number of nitrogens with one attached hydrogen (secondary N) is 1. The number of rotatable bonds is 6. The predicted octanol–water partition coefficient (Wildman–Crippen LogP) is 5.50. The van der Waals surface area contributed by atoms with Crippen LogP contribution in [0.1, 0.15) is 16.7 Å². The molecule has 0 amide bonds. The van der Waals surface area contributed by atoms with Crippen molar-refractivity contribution in [3.63, 3.8) is 0 Å². The monoisotopic (exact) mass is 341 g/mol. The third-order valence-electron chi connectivity index (χ3n) is 4.15. The fourth-order valence-electron chi connectivity index (χ4n) is 2.85. The van der Waals surface area contributed by atoms with Gasteiger partial charge in [0.1, 0.15) is 0 Å². The number of hydrogen-bond donors (Lipinski definition) is 2. The van der Waals surface area contributed by atoms with E-state index >= 15 is 0 Å². The first kappa shape index (κ1) is 17.5. The summed E-state index contributed by atoms with van der Waals surface area (Å²) < 4.78 is 0. The van der Waals surface area contributed by atoms with Crippen molar-refractivity contribution in [1.29, 1.82) is 0 Å². The number of benzene rings is 3. The SMILES string of the molecule is C=CNc1ccccc1/N=C(\Cc1ccccc1)c1cc(C)ccc1N. The topological polar surface area (TPSA) is 50.4 Å². The van der Waals surface area contributed by atoms with Gasteiger partial charge < -0.3 is 11.1 Å². The van der Waals surface area contributed by atoms with Crippen molar-refractivity contribution in [1.82, 2.24) is 0 Å². The molecular weight excluding hydrogens is 318 g/mol. The summed E-state index contributed by atoms with van der Waals surface area (Å²) in [6.45, 7) is 5.81. The summed E-state index contributed by atoms with van der Waals surface area (Å²) in [5.41, 5.74) is 13.1. The fraction of sp³-hybridized carbons (Fsp3) is 0.0870. The van der Waals surface area contributed by atoms with Crippen molar-refractivity contribution in [3.8, 4) is 0 Å². The second-order valence-corrected chi connectivity index (χ2v) is 6.18. The average molecular weight is 341 g/mol. The third-order valence-corrected chi connectivity index (χ3v) is 4.15. The molecular formula is C23H23N3. The van der Waals surface area contributed by atoms with Gasteiger partial charge in [-0.15, -0.1) is 0 Å². The van der Waals surface area contributed by atoms with Crippen LogP contribution in [-0.2, 0) is 6.42 Å². The lowest BCUT2D eigenvalue weighted by Crippen LogP contribution is -2.09. The number of anilines is 2. The van der Waals surface area contributed by atoms with Crippen molar-refractivity contribution in [2.45, 2.75) is 13.3 Å². The molecule has 0 unspecified atom stereocenters. The fourth-order valence-corrected chi connectivity index (χ4v) is 2.85. The van der Waals surface area contributed by atoms with Gasteiger partial charge in [0.25, 0.3) is 0 Å². The van der Waals surface area contributed by atoms with Gasteiger partial charge in [0.2, 0.25) is 0 Å². The Labute approximate surface area is 154 Å². The standard InChI is InChI=1S/C23H23N3/c1-3-25-21-11-7-8-12-22(21)26-23(16-18-9-5-4-6-10-18)19-15-17(2)13-14-20(19)24/h3-15,25H,1,16,24H2,2H3/b26-23+. The van der Waals surface area contributed by atoms with Gasteiger partial charge in [0, 0.05) is 17.7 Å². The quantitative estimate of drug-likeness (QED) is 0.460. The molecule has 0 aliphatic heterocycles. The van der Waals surface area contributed by atoms with E-state index in [2.05, 4.69) is 37.0 Å². The second-order valence-electron chi connectivity index (χ2n) is 6.18. The molecule has 0 spiro atoms. The first-order chi connectivity index (χ1) is 12.7. The first-order valence-corrected chi connectivity index (χ1v) is 8.62. The Hall–Kier alpha value is -3.33. The zero-order valence-electron chi connectivity index (χ0n) is 14.9. The first-order valence-electron chi connectivity index (χ1n) is 8.62. The van der Waals surface area contributed by atoms with Crippen LogP contribution in [0.5, 0.6) is 0 Å². The lowest BCUT2D eigenvalue weighted by atomic mass is 9.99. The van der Waals surface area contributed by atoms with Gasteiger partial charge in [-0.25, -0.2) is 0 Å². The molecule has 0 fully saturated rings. The van der Waals surface area contributed by atoms with Crippen LogP contribution in [0.15, 0.2) is 90.6 Å². The van der Waals surface area contributed by atoms with E-state index in [4.69, 9.17) is 10.7 Å². The smallest absolute Gasteiger partial charge is 0.0867 e. The van der Waals surface area contributed by atoms with E-state index in [0.717, 1.165) is 33.9 Å². The van der Waals surface area contributed by atoms with Gasteiger partial charge in [-0.05, 0) is 43.0 Å². The molecule has 0 saturated heterocycles. The number of nitrogen functional groups attached to an aromatic ring is 1. The molecule has 3 aromatic rings. The minimum absolute atomic E-state index is 0.705. The zero-order valence-corrected chi connectivity index (χ0v) is 14.9. The van der Waals surface area contributed by atoms with Crippen LogP contribution in [0, 0.1) is 6.92 Å². The van der Waals surface area contributed by atoms with Crippen LogP contribution in [0.3, 0.4) is 0 Å². The molecule has 0 aliphatic rings. The maximum atomic E-state index is 6.28. The molecule has 0 aromatic heterocycles.